The van der Waals surface area contributed by atoms with Gasteiger partial charge in [0.2, 0.25) is 5.91 Å². The molecule has 1 N–H and O–H groups in total. The Morgan fingerprint density at radius 2 is 1.91 bits per heavy atom. The Balaban J connectivity index is 2.02. The summed E-state index contributed by atoms with van der Waals surface area (Å²) in [6.45, 7) is 9.08. The van der Waals surface area contributed by atoms with Gasteiger partial charge in [0.15, 0.2) is 0 Å². The number of carbonyl (C=O) groups excluding carboxylic acids is 2. The minimum Gasteiger partial charge on any atom is -0.496 e. The monoisotopic (exact) mass is 460 g/mol. The van der Waals surface area contributed by atoms with Crippen molar-refractivity contribution in [3.8, 4) is 5.75 Å². The highest BCUT2D eigenvalue weighted by Crippen LogP contribution is 2.30. The molecular formula is C28H32N2O4. The summed E-state index contributed by atoms with van der Waals surface area (Å²) in [6, 6.07) is 11.6. The van der Waals surface area contributed by atoms with Crippen molar-refractivity contribution in [2.75, 3.05) is 20.8 Å². The van der Waals surface area contributed by atoms with Gasteiger partial charge in [0.05, 0.1) is 19.8 Å². The molecule has 0 aliphatic rings. The number of methoxy groups -OCH3 is 2. The second kappa shape index (κ2) is 11.4. The maximum Gasteiger partial charge on any atom is 0.337 e. The highest BCUT2D eigenvalue weighted by molar-refractivity contribution is 5.98. The molecule has 0 aliphatic heterocycles. The lowest BCUT2D eigenvalue weighted by atomic mass is 10.00. The molecule has 6 nitrogen and oxygen atoms in total. The van der Waals surface area contributed by atoms with E-state index < -0.39 is 5.97 Å². The van der Waals surface area contributed by atoms with Gasteiger partial charge in [-0.05, 0) is 60.4 Å². The van der Waals surface area contributed by atoms with Gasteiger partial charge < -0.3 is 19.4 Å². The van der Waals surface area contributed by atoms with Crippen LogP contribution in [0.4, 0.5) is 0 Å². The van der Waals surface area contributed by atoms with E-state index in [1.165, 1.54) is 7.11 Å². The van der Waals surface area contributed by atoms with Gasteiger partial charge in [0, 0.05) is 42.2 Å². The Labute approximate surface area is 200 Å². The molecule has 0 saturated carbocycles. The molecule has 1 amide bonds. The summed E-state index contributed by atoms with van der Waals surface area (Å²) in [5, 5.41) is 4.01. The lowest BCUT2D eigenvalue weighted by Gasteiger charge is -2.10. The van der Waals surface area contributed by atoms with E-state index in [9.17, 15) is 9.59 Å². The van der Waals surface area contributed by atoms with Crippen LogP contribution in [0.5, 0.6) is 5.75 Å². The van der Waals surface area contributed by atoms with Gasteiger partial charge in [-0.2, -0.15) is 0 Å². The van der Waals surface area contributed by atoms with E-state index in [0.29, 0.717) is 36.4 Å². The standard InChI is InChI=1S/C28H32N2O4/c1-6-12-29-27(31)19(3)14-20-8-11-25-24(15-20)23(18-30(25)13-7-2)16-21-9-10-22(28(32)34-5)17-26(21)33-4/h7-11,14-15,17-18H,2,6,12-13,16H2,1,3-5H3,(H,29,31). The van der Waals surface area contributed by atoms with Crippen LogP contribution in [0.15, 0.2) is 60.8 Å². The maximum atomic E-state index is 12.3. The third kappa shape index (κ3) is 5.57. The maximum absolute atomic E-state index is 12.3. The number of esters is 1. The normalized spacial score (nSPS) is 11.4. The van der Waals surface area contributed by atoms with Gasteiger partial charge >= 0.3 is 5.97 Å². The first kappa shape index (κ1) is 24.8. The van der Waals surface area contributed by atoms with Crippen LogP contribution in [0.1, 0.15) is 47.3 Å². The molecule has 3 rings (SSSR count). The van der Waals surface area contributed by atoms with Crippen molar-refractivity contribution in [2.45, 2.75) is 33.2 Å². The quantitative estimate of drug-likeness (QED) is 0.258. The molecule has 1 aromatic heterocycles. The van der Waals surface area contributed by atoms with E-state index in [1.54, 1.807) is 19.2 Å². The fraction of sp³-hybridized carbons (Fsp3) is 0.286. The summed E-state index contributed by atoms with van der Waals surface area (Å²) in [4.78, 5) is 24.2. The lowest BCUT2D eigenvalue weighted by molar-refractivity contribution is -0.117. The molecule has 0 spiro atoms. The number of nitrogens with zero attached hydrogens (tertiary/aromatic N) is 1. The zero-order chi connectivity index (χ0) is 24.7. The third-order valence-corrected chi connectivity index (χ3v) is 5.68. The topological polar surface area (TPSA) is 69.6 Å². The van der Waals surface area contributed by atoms with Crippen molar-refractivity contribution >= 4 is 28.9 Å². The number of amides is 1. The van der Waals surface area contributed by atoms with Crippen molar-refractivity contribution in [2.24, 2.45) is 0 Å². The van der Waals surface area contributed by atoms with Crippen molar-refractivity contribution in [3.05, 3.63) is 83.1 Å². The number of allylic oxidation sites excluding steroid dienone is 1. The number of aromatic nitrogens is 1. The molecule has 2 aromatic carbocycles. The Morgan fingerprint density at radius 3 is 2.59 bits per heavy atom. The van der Waals surface area contributed by atoms with E-state index in [-0.39, 0.29) is 5.91 Å². The van der Waals surface area contributed by atoms with Gasteiger partial charge in [-0.15, -0.1) is 6.58 Å². The van der Waals surface area contributed by atoms with E-state index in [0.717, 1.165) is 34.0 Å². The minimum atomic E-state index is -0.401. The first-order valence-corrected chi connectivity index (χ1v) is 11.4. The van der Waals surface area contributed by atoms with Crippen molar-refractivity contribution < 1.29 is 19.1 Å². The van der Waals surface area contributed by atoms with Crippen LogP contribution in [0.25, 0.3) is 17.0 Å². The van der Waals surface area contributed by atoms with Crippen LogP contribution < -0.4 is 10.1 Å². The van der Waals surface area contributed by atoms with Gasteiger partial charge in [-0.3, -0.25) is 4.79 Å². The number of hydrogen-bond donors (Lipinski definition) is 1. The lowest BCUT2D eigenvalue weighted by Crippen LogP contribution is -2.24. The molecule has 1 heterocycles. The SMILES string of the molecule is C=CCn1cc(Cc2ccc(C(=O)OC)cc2OC)c2cc(C=C(C)C(=O)NCCC)ccc21. The van der Waals surface area contributed by atoms with Crippen LogP contribution in [0, 0.1) is 0 Å². The number of carbonyl (C=O) groups is 2. The zero-order valence-electron chi connectivity index (χ0n) is 20.3. The molecule has 0 bridgehead atoms. The Hall–Kier alpha value is -3.80. The number of nitrogens with one attached hydrogen (secondary N) is 1. The highest BCUT2D eigenvalue weighted by atomic mass is 16.5. The van der Waals surface area contributed by atoms with E-state index >= 15 is 0 Å². The Bertz CT molecular complexity index is 1240. The number of rotatable bonds is 10. The highest BCUT2D eigenvalue weighted by Gasteiger charge is 2.15. The van der Waals surface area contributed by atoms with Crippen LogP contribution in [0.3, 0.4) is 0 Å². The van der Waals surface area contributed by atoms with Crippen molar-refractivity contribution in [1.29, 1.82) is 0 Å². The summed E-state index contributed by atoms with van der Waals surface area (Å²) in [7, 11) is 2.95. The van der Waals surface area contributed by atoms with Crippen LogP contribution in [-0.4, -0.2) is 37.2 Å². The van der Waals surface area contributed by atoms with Crippen molar-refractivity contribution in [3.63, 3.8) is 0 Å². The van der Waals surface area contributed by atoms with Crippen LogP contribution in [-0.2, 0) is 22.5 Å². The fourth-order valence-corrected chi connectivity index (χ4v) is 3.94. The second-order valence-corrected chi connectivity index (χ2v) is 8.15. The average molecular weight is 461 g/mol. The second-order valence-electron chi connectivity index (χ2n) is 8.15. The van der Waals surface area contributed by atoms with Crippen LogP contribution >= 0.6 is 0 Å². The molecule has 0 radical (unpaired) electrons. The molecule has 6 heteroatoms. The number of hydrogen-bond acceptors (Lipinski definition) is 4. The van der Waals surface area contributed by atoms with Gasteiger partial charge in [0.25, 0.3) is 0 Å². The average Bonchev–Trinajstić information content (AvgIpc) is 3.18. The first-order chi connectivity index (χ1) is 16.4. The van der Waals surface area contributed by atoms with E-state index in [1.807, 2.05) is 38.1 Å². The molecule has 0 aliphatic carbocycles. The number of benzene rings is 2. The molecule has 34 heavy (non-hydrogen) atoms. The fourth-order valence-electron chi connectivity index (χ4n) is 3.94. The molecular weight excluding hydrogens is 428 g/mol. The molecule has 0 saturated heterocycles. The van der Waals surface area contributed by atoms with E-state index in [2.05, 4.69) is 34.8 Å². The largest absolute Gasteiger partial charge is 0.496 e. The number of ether oxygens (including phenoxy) is 2. The Kier molecular flexibility index (Phi) is 8.30. The summed E-state index contributed by atoms with van der Waals surface area (Å²) in [5.74, 6) is 0.177. The summed E-state index contributed by atoms with van der Waals surface area (Å²) in [6.07, 6.45) is 7.41. The zero-order valence-corrected chi connectivity index (χ0v) is 20.3. The summed E-state index contributed by atoms with van der Waals surface area (Å²) in [5.41, 5.74) is 5.24. The van der Waals surface area contributed by atoms with Crippen molar-refractivity contribution in [1.82, 2.24) is 9.88 Å². The van der Waals surface area contributed by atoms with Gasteiger partial charge in [-0.1, -0.05) is 25.1 Å². The van der Waals surface area contributed by atoms with Crippen LogP contribution in [0.2, 0.25) is 0 Å². The minimum absolute atomic E-state index is 0.0539. The molecule has 0 fully saturated rings. The van der Waals surface area contributed by atoms with Gasteiger partial charge in [-0.25, -0.2) is 4.79 Å². The summed E-state index contributed by atoms with van der Waals surface area (Å²) >= 11 is 0. The third-order valence-electron chi connectivity index (χ3n) is 5.68. The predicted octanol–water partition coefficient (Wildman–Crippen LogP) is 5.14. The molecule has 178 valence electrons. The van der Waals surface area contributed by atoms with Gasteiger partial charge in [0.1, 0.15) is 5.75 Å². The number of fused-ring (bicyclic) bond motifs is 1. The predicted molar refractivity (Wildman–Crippen MR) is 136 cm³/mol. The molecule has 3 aromatic rings. The Morgan fingerprint density at radius 1 is 1.12 bits per heavy atom. The van der Waals surface area contributed by atoms with E-state index in [4.69, 9.17) is 9.47 Å². The smallest absolute Gasteiger partial charge is 0.337 e. The summed E-state index contributed by atoms with van der Waals surface area (Å²) < 4.78 is 12.5. The molecule has 0 unspecified atom stereocenters. The molecule has 0 atom stereocenters. The first-order valence-electron chi connectivity index (χ1n) is 11.4.